The first-order valence-electron chi connectivity index (χ1n) is 8.87. The number of urea groups is 1. The number of carbonyl (C=O) groups excluding carboxylic acids is 1. The van der Waals surface area contributed by atoms with Crippen molar-refractivity contribution in [2.24, 2.45) is 0 Å². The minimum absolute atomic E-state index is 0.269. The van der Waals surface area contributed by atoms with Gasteiger partial charge in [0.15, 0.2) is 0 Å². The zero-order valence-electron chi connectivity index (χ0n) is 15.5. The normalized spacial score (nSPS) is 10.3. The van der Waals surface area contributed by atoms with Gasteiger partial charge in [-0.25, -0.2) is 4.79 Å². The average molecular weight is 416 g/mol. The van der Waals surface area contributed by atoms with Gasteiger partial charge in [0.05, 0.1) is 21.6 Å². The molecule has 30 heavy (non-hydrogen) atoms. The molecule has 0 saturated carbocycles. The molecular formula is C22H14ClN5O2. The summed E-state index contributed by atoms with van der Waals surface area (Å²) in [4.78, 5) is 20.8. The van der Waals surface area contributed by atoms with E-state index in [4.69, 9.17) is 21.6 Å². The Kier molecular flexibility index (Phi) is 5.42. The van der Waals surface area contributed by atoms with E-state index in [9.17, 15) is 4.79 Å². The van der Waals surface area contributed by atoms with Gasteiger partial charge in [-0.3, -0.25) is 9.97 Å². The number of hydrogen-bond acceptors (Lipinski definition) is 5. The van der Waals surface area contributed by atoms with E-state index in [-0.39, 0.29) is 5.02 Å². The van der Waals surface area contributed by atoms with Crippen molar-refractivity contribution in [2.45, 2.75) is 0 Å². The number of rotatable bonds is 4. The topological polar surface area (TPSA) is 99.9 Å². The zero-order chi connectivity index (χ0) is 20.9. The van der Waals surface area contributed by atoms with Crippen LogP contribution in [0.3, 0.4) is 0 Å². The number of aromatic nitrogens is 2. The molecule has 146 valence electrons. The molecule has 4 rings (SSSR count). The van der Waals surface area contributed by atoms with E-state index in [1.807, 2.05) is 12.1 Å². The van der Waals surface area contributed by atoms with E-state index in [1.54, 1.807) is 60.9 Å². The Bertz CT molecular complexity index is 1290. The van der Waals surface area contributed by atoms with Crippen molar-refractivity contribution >= 4 is 40.0 Å². The predicted octanol–water partition coefficient (Wildman–Crippen LogP) is 5.59. The molecule has 3 aromatic carbocycles. The number of fused-ring (bicyclic) bond motifs is 1. The number of amides is 2. The van der Waals surface area contributed by atoms with E-state index >= 15 is 0 Å². The molecule has 2 amide bonds. The second-order valence-electron chi connectivity index (χ2n) is 6.22. The fraction of sp³-hybridized carbons (Fsp3) is 0. The Hall–Kier alpha value is -4.15. The van der Waals surface area contributed by atoms with Gasteiger partial charge in [-0.05, 0) is 42.5 Å². The molecule has 0 radical (unpaired) electrons. The van der Waals surface area contributed by atoms with Crippen LogP contribution in [0.4, 0.5) is 16.2 Å². The van der Waals surface area contributed by atoms with Crippen molar-refractivity contribution in [2.75, 3.05) is 10.6 Å². The van der Waals surface area contributed by atoms with Crippen LogP contribution in [0.2, 0.25) is 5.02 Å². The Morgan fingerprint density at radius 1 is 0.900 bits per heavy atom. The molecule has 0 aliphatic carbocycles. The molecule has 0 spiro atoms. The van der Waals surface area contributed by atoms with Gasteiger partial charge in [0.2, 0.25) is 0 Å². The third-order valence-corrected chi connectivity index (χ3v) is 4.43. The molecule has 0 saturated heterocycles. The highest BCUT2D eigenvalue weighted by Crippen LogP contribution is 2.26. The van der Waals surface area contributed by atoms with Gasteiger partial charge in [-0.2, -0.15) is 5.26 Å². The van der Waals surface area contributed by atoms with Crippen LogP contribution < -0.4 is 15.4 Å². The lowest BCUT2D eigenvalue weighted by atomic mass is 10.2. The summed E-state index contributed by atoms with van der Waals surface area (Å²) in [6, 6.07) is 18.6. The molecule has 0 aliphatic rings. The molecule has 7 nitrogen and oxygen atoms in total. The third-order valence-electron chi connectivity index (χ3n) is 4.12. The van der Waals surface area contributed by atoms with Gasteiger partial charge in [-0.15, -0.1) is 0 Å². The standard InChI is InChI=1S/C22H14ClN5O2/c23-19-11-16(5-4-14(19)13-24)28-22(29)27-15-2-1-3-17(10-15)30-18-6-7-20-21(12-18)26-9-8-25-20/h1-12H,(H2,27,28,29). The van der Waals surface area contributed by atoms with Crippen molar-refractivity contribution < 1.29 is 9.53 Å². The van der Waals surface area contributed by atoms with Crippen LogP contribution in [0.5, 0.6) is 11.5 Å². The number of anilines is 2. The first kappa shape index (κ1) is 19.2. The van der Waals surface area contributed by atoms with Crippen LogP contribution in [-0.2, 0) is 0 Å². The van der Waals surface area contributed by atoms with Crippen molar-refractivity contribution in [1.82, 2.24) is 9.97 Å². The summed E-state index contributed by atoms with van der Waals surface area (Å²) >= 11 is 5.99. The second kappa shape index (κ2) is 8.47. The average Bonchev–Trinajstić information content (AvgIpc) is 2.74. The fourth-order valence-electron chi connectivity index (χ4n) is 2.76. The lowest BCUT2D eigenvalue weighted by Gasteiger charge is -2.10. The number of ether oxygens (including phenoxy) is 1. The number of carbonyl (C=O) groups is 1. The summed E-state index contributed by atoms with van der Waals surface area (Å²) in [6.07, 6.45) is 3.26. The van der Waals surface area contributed by atoms with Crippen LogP contribution in [-0.4, -0.2) is 16.0 Å². The van der Waals surface area contributed by atoms with Gasteiger partial charge < -0.3 is 15.4 Å². The van der Waals surface area contributed by atoms with Gasteiger partial charge in [0, 0.05) is 35.9 Å². The smallest absolute Gasteiger partial charge is 0.323 e. The molecule has 1 heterocycles. The molecule has 0 fully saturated rings. The molecule has 0 atom stereocenters. The zero-order valence-corrected chi connectivity index (χ0v) is 16.2. The van der Waals surface area contributed by atoms with Crippen LogP contribution in [0.25, 0.3) is 11.0 Å². The first-order chi connectivity index (χ1) is 14.6. The van der Waals surface area contributed by atoms with Gasteiger partial charge in [0.1, 0.15) is 17.6 Å². The lowest BCUT2D eigenvalue weighted by molar-refractivity contribution is 0.262. The van der Waals surface area contributed by atoms with E-state index in [0.29, 0.717) is 28.4 Å². The van der Waals surface area contributed by atoms with Crippen molar-refractivity contribution in [3.05, 3.63) is 83.6 Å². The van der Waals surface area contributed by atoms with Crippen LogP contribution in [0, 0.1) is 11.3 Å². The van der Waals surface area contributed by atoms with Crippen molar-refractivity contribution in [1.29, 1.82) is 5.26 Å². The summed E-state index contributed by atoms with van der Waals surface area (Å²) in [5.41, 5.74) is 2.86. The summed E-state index contributed by atoms with van der Waals surface area (Å²) in [5.74, 6) is 1.16. The van der Waals surface area contributed by atoms with E-state index in [0.717, 1.165) is 11.0 Å². The SMILES string of the molecule is N#Cc1ccc(NC(=O)Nc2cccc(Oc3ccc4nccnc4c3)c2)cc1Cl. The highest BCUT2D eigenvalue weighted by molar-refractivity contribution is 6.32. The van der Waals surface area contributed by atoms with Crippen molar-refractivity contribution in [3.63, 3.8) is 0 Å². The summed E-state index contributed by atoms with van der Waals surface area (Å²) in [6.45, 7) is 0. The number of nitriles is 1. The van der Waals surface area contributed by atoms with Gasteiger partial charge in [-0.1, -0.05) is 17.7 Å². The Balaban J connectivity index is 1.44. The van der Waals surface area contributed by atoms with Gasteiger partial charge >= 0.3 is 6.03 Å². The van der Waals surface area contributed by atoms with Crippen LogP contribution in [0.1, 0.15) is 5.56 Å². The molecule has 2 N–H and O–H groups in total. The Morgan fingerprint density at radius 3 is 2.40 bits per heavy atom. The van der Waals surface area contributed by atoms with Crippen molar-refractivity contribution in [3.8, 4) is 17.6 Å². The maximum absolute atomic E-state index is 12.3. The fourth-order valence-corrected chi connectivity index (χ4v) is 2.98. The first-order valence-corrected chi connectivity index (χ1v) is 9.25. The highest BCUT2D eigenvalue weighted by Gasteiger charge is 2.07. The molecule has 1 aromatic heterocycles. The van der Waals surface area contributed by atoms with Gasteiger partial charge in [0.25, 0.3) is 0 Å². The number of halogens is 1. The van der Waals surface area contributed by atoms with E-state index in [2.05, 4.69) is 20.6 Å². The summed E-state index contributed by atoms with van der Waals surface area (Å²) < 4.78 is 5.88. The Labute approximate surface area is 176 Å². The summed E-state index contributed by atoms with van der Waals surface area (Å²) in [7, 11) is 0. The Morgan fingerprint density at radius 2 is 1.63 bits per heavy atom. The summed E-state index contributed by atoms with van der Waals surface area (Å²) in [5, 5.41) is 14.6. The quantitative estimate of drug-likeness (QED) is 0.452. The van der Waals surface area contributed by atoms with Crippen LogP contribution in [0.15, 0.2) is 73.1 Å². The minimum atomic E-state index is -0.450. The van der Waals surface area contributed by atoms with Crippen LogP contribution >= 0.6 is 11.6 Å². The molecule has 0 bridgehead atoms. The number of nitrogens with one attached hydrogen (secondary N) is 2. The third kappa shape index (κ3) is 4.46. The minimum Gasteiger partial charge on any atom is -0.457 e. The number of nitrogens with zero attached hydrogens (tertiary/aromatic N) is 3. The van der Waals surface area contributed by atoms with E-state index < -0.39 is 6.03 Å². The number of benzene rings is 3. The number of hydrogen-bond donors (Lipinski definition) is 2. The maximum atomic E-state index is 12.3. The molecular weight excluding hydrogens is 402 g/mol. The predicted molar refractivity (Wildman–Crippen MR) is 115 cm³/mol. The monoisotopic (exact) mass is 415 g/mol. The molecule has 0 unspecified atom stereocenters. The van der Waals surface area contributed by atoms with E-state index in [1.165, 1.54) is 6.07 Å². The second-order valence-corrected chi connectivity index (χ2v) is 6.63. The highest BCUT2D eigenvalue weighted by atomic mass is 35.5. The maximum Gasteiger partial charge on any atom is 0.323 e. The lowest BCUT2D eigenvalue weighted by Crippen LogP contribution is -2.19. The molecule has 4 aromatic rings. The largest absolute Gasteiger partial charge is 0.457 e. The molecule has 0 aliphatic heterocycles. The molecule has 8 heteroatoms.